The topological polar surface area (TPSA) is 253 Å². The molecule has 48 heavy (non-hydrogen) atoms. The number of primary sulfonamides is 1. The number of rotatable bonds is 15. The Hall–Kier alpha value is -3.33. The van der Waals surface area contributed by atoms with Crippen molar-refractivity contribution in [2.24, 2.45) is 5.14 Å². The van der Waals surface area contributed by atoms with Gasteiger partial charge in [-0.1, -0.05) is 37.6 Å². The fourth-order valence-corrected chi connectivity index (χ4v) is 5.68. The van der Waals surface area contributed by atoms with Crippen LogP contribution in [-0.4, -0.2) is 95.4 Å². The highest BCUT2D eigenvalue weighted by Crippen LogP contribution is 2.32. The van der Waals surface area contributed by atoms with Crippen LogP contribution in [0.2, 0.25) is 5.02 Å². The number of nitrogens with two attached hydrogens (primary N) is 1. The molecule has 0 spiro atoms. The molecular formula is C29H43ClN4O12S2. The number of carboxylic acid groups (broad SMARTS) is 2. The fourth-order valence-electron chi connectivity index (χ4n) is 3.40. The normalized spacial score (nSPS) is 14.2. The number of ether oxygens (including phenoxy) is 3. The third-order valence-corrected chi connectivity index (χ3v) is 8.43. The average Bonchev–Trinajstić information content (AvgIpc) is 2.98. The van der Waals surface area contributed by atoms with E-state index in [1.807, 2.05) is 52.0 Å². The van der Waals surface area contributed by atoms with E-state index in [2.05, 4.69) is 15.4 Å². The van der Waals surface area contributed by atoms with Crippen LogP contribution in [0.1, 0.15) is 33.3 Å². The zero-order valence-corrected chi connectivity index (χ0v) is 29.3. The second-order valence-corrected chi connectivity index (χ2v) is 14.2. The van der Waals surface area contributed by atoms with Gasteiger partial charge in [-0.2, -0.15) is 4.72 Å². The second-order valence-electron chi connectivity index (χ2n) is 10.5. The summed E-state index contributed by atoms with van der Waals surface area (Å²) >= 11 is 5.72. The van der Waals surface area contributed by atoms with E-state index in [9.17, 15) is 31.5 Å². The number of hydrogen-bond donors (Lipinski definition) is 7. The van der Waals surface area contributed by atoms with Gasteiger partial charge in [-0.3, -0.25) is 0 Å². The SMILES string of the molecule is CC(C)NCC(O)COc1ccc(COCCOC(C)C)cc1.NS(=O)(=O)c1cc2c(cc1Cl)NCNS2(=O)=O.O=C(O)/C=C/C(=O)O. The molecule has 0 saturated carbocycles. The lowest BCUT2D eigenvalue weighted by molar-refractivity contribution is -0.134. The third kappa shape index (κ3) is 17.7. The quantitative estimate of drug-likeness (QED) is 0.102. The van der Waals surface area contributed by atoms with Crippen LogP contribution in [0.15, 0.2) is 58.3 Å². The Labute approximate surface area is 285 Å². The monoisotopic (exact) mass is 738 g/mol. The van der Waals surface area contributed by atoms with E-state index >= 15 is 0 Å². The molecule has 1 aliphatic rings. The summed E-state index contributed by atoms with van der Waals surface area (Å²) in [6, 6.07) is 10.2. The molecule has 0 fully saturated rings. The maximum absolute atomic E-state index is 11.6. The van der Waals surface area contributed by atoms with E-state index in [0.717, 1.165) is 17.4 Å². The molecule has 0 aliphatic carbocycles. The number of anilines is 1. The number of sulfonamides is 2. The zero-order valence-electron chi connectivity index (χ0n) is 26.9. The first kappa shape index (κ1) is 42.7. The van der Waals surface area contributed by atoms with E-state index < -0.39 is 43.0 Å². The van der Waals surface area contributed by atoms with Crippen molar-refractivity contribution in [1.29, 1.82) is 0 Å². The van der Waals surface area contributed by atoms with Gasteiger partial charge in [-0.25, -0.2) is 31.6 Å². The van der Waals surface area contributed by atoms with Crippen molar-refractivity contribution in [3.8, 4) is 5.75 Å². The molecule has 2 aromatic rings. The predicted octanol–water partition coefficient (Wildman–Crippen LogP) is 1.73. The molecule has 1 aliphatic heterocycles. The number of aliphatic hydroxyl groups is 1. The highest BCUT2D eigenvalue weighted by atomic mass is 35.5. The summed E-state index contributed by atoms with van der Waals surface area (Å²) in [7, 11) is -7.80. The summed E-state index contributed by atoms with van der Waals surface area (Å²) < 4.78 is 64.4. The van der Waals surface area contributed by atoms with Gasteiger partial charge < -0.3 is 40.2 Å². The summed E-state index contributed by atoms with van der Waals surface area (Å²) in [6.07, 6.45) is 0.840. The molecule has 0 saturated heterocycles. The fraction of sp³-hybridized carbons (Fsp3) is 0.448. The lowest BCUT2D eigenvalue weighted by atomic mass is 10.2. The second kappa shape index (κ2) is 20.9. The van der Waals surface area contributed by atoms with E-state index in [1.165, 1.54) is 6.07 Å². The largest absolute Gasteiger partial charge is 0.491 e. The van der Waals surface area contributed by atoms with Gasteiger partial charge in [0.1, 0.15) is 28.3 Å². The molecule has 0 aromatic heterocycles. The van der Waals surface area contributed by atoms with Crippen LogP contribution < -0.4 is 25.2 Å². The molecule has 1 heterocycles. The Kier molecular flexibility index (Phi) is 18.6. The molecule has 8 N–H and O–H groups in total. The van der Waals surface area contributed by atoms with E-state index in [4.69, 9.17) is 41.2 Å². The van der Waals surface area contributed by atoms with Gasteiger partial charge in [0.15, 0.2) is 0 Å². The molecule has 2 aromatic carbocycles. The van der Waals surface area contributed by atoms with Crippen molar-refractivity contribution in [3.63, 3.8) is 0 Å². The minimum atomic E-state index is -4.07. The maximum atomic E-state index is 11.6. The van der Waals surface area contributed by atoms with Crippen LogP contribution in [0.25, 0.3) is 0 Å². The Morgan fingerprint density at radius 1 is 1.06 bits per heavy atom. The number of fused-ring (bicyclic) bond motifs is 1. The van der Waals surface area contributed by atoms with Crippen molar-refractivity contribution in [2.45, 2.75) is 62.3 Å². The predicted molar refractivity (Wildman–Crippen MR) is 178 cm³/mol. The summed E-state index contributed by atoms with van der Waals surface area (Å²) in [5.74, 6) is -1.76. The molecule has 270 valence electrons. The van der Waals surface area contributed by atoms with Crippen molar-refractivity contribution >= 4 is 49.3 Å². The van der Waals surface area contributed by atoms with Gasteiger partial charge >= 0.3 is 11.9 Å². The van der Waals surface area contributed by atoms with Crippen LogP contribution in [0.4, 0.5) is 5.69 Å². The Balaban J connectivity index is 0.000000402. The molecule has 16 nitrogen and oxygen atoms in total. The van der Waals surface area contributed by atoms with Crippen molar-refractivity contribution < 1.29 is 56.0 Å². The average molecular weight is 739 g/mol. The van der Waals surface area contributed by atoms with Crippen molar-refractivity contribution in [3.05, 3.63) is 59.1 Å². The van der Waals surface area contributed by atoms with Gasteiger partial charge in [0.05, 0.1) is 43.3 Å². The Morgan fingerprint density at radius 2 is 1.67 bits per heavy atom. The molecule has 3 rings (SSSR count). The molecular weight excluding hydrogens is 696 g/mol. The first-order valence-electron chi connectivity index (χ1n) is 14.4. The van der Waals surface area contributed by atoms with Crippen molar-refractivity contribution in [1.82, 2.24) is 10.0 Å². The van der Waals surface area contributed by atoms with Crippen LogP contribution >= 0.6 is 11.6 Å². The number of carbonyl (C=O) groups is 2. The molecule has 0 amide bonds. The summed E-state index contributed by atoms with van der Waals surface area (Å²) in [5, 5.41) is 36.1. The van der Waals surface area contributed by atoms with Gasteiger partial charge in [0.25, 0.3) is 0 Å². The Bertz CT molecular complexity index is 1550. The number of halogens is 1. The van der Waals surface area contributed by atoms with Crippen LogP contribution in [0, 0.1) is 0 Å². The summed E-state index contributed by atoms with van der Waals surface area (Å²) in [6.45, 7) is 10.7. The van der Waals surface area contributed by atoms with E-state index in [1.54, 1.807) is 0 Å². The highest BCUT2D eigenvalue weighted by Gasteiger charge is 2.27. The lowest BCUT2D eigenvalue weighted by Crippen LogP contribution is -2.35. The van der Waals surface area contributed by atoms with E-state index in [0.29, 0.717) is 44.6 Å². The number of benzene rings is 2. The first-order chi connectivity index (χ1) is 22.3. The number of aliphatic carboxylic acids is 2. The van der Waals surface area contributed by atoms with E-state index in [-0.39, 0.29) is 35.0 Å². The molecule has 0 bridgehead atoms. The van der Waals surface area contributed by atoms with Gasteiger partial charge in [0, 0.05) is 24.7 Å². The molecule has 19 heteroatoms. The smallest absolute Gasteiger partial charge is 0.328 e. The summed E-state index contributed by atoms with van der Waals surface area (Å²) in [4.78, 5) is 18.5. The number of aliphatic hydroxyl groups excluding tert-OH is 1. The molecule has 1 atom stereocenters. The number of nitrogens with one attached hydrogen (secondary N) is 3. The highest BCUT2D eigenvalue weighted by molar-refractivity contribution is 7.90. The third-order valence-electron chi connectivity index (χ3n) is 5.61. The molecule has 0 radical (unpaired) electrons. The minimum absolute atomic E-state index is 0.0143. The maximum Gasteiger partial charge on any atom is 0.328 e. The van der Waals surface area contributed by atoms with Crippen molar-refractivity contribution in [2.75, 3.05) is 38.4 Å². The van der Waals surface area contributed by atoms with Crippen LogP contribution in [0.3, 0.4) is 0 Å². The number of hydrogen-bond acceptors (Lipinski definition) is 12. The van der Waals surface area contributed by atoms with Gasteiger partial charge in [0.2, 0.25) is 20.0 Å². The lowest BCUT2D eigenvalue weighted by Gasteiger charge is -2.20. The van der Waals surface area contributed by atoms with Crippen LogP contribution in [-0.2, 0) is 45.7 Å². The minimum Gasteiger partial charge on any atom is -0.491 e. The summed E-state index contributed by atoms with van der Waals surface area (Å²) in [5.41, 5.74) is 1.32. The van der Waals surface area contributed by atoms with Gasteiger partial charge in [-0.15, -0.1) is 0 Å². The van der Waals surface area contributed by atoms with Gasteiger partial charge in [-0.05, 0) is 43.7 Å². The molecule has 1 unspecified atom stereocenters. The first-order valence-corrected chi connectivity index (χ1v) is 17.8. The standard InChI is InChI=1S/C18H31NO4.C7H8ClN3O4S2.C4H4O4/c1-14(2)19-11-17(20)13-23-18-7-5-16(6-8-18)12-21-9-10-22-15(3)4;8-4-1-5-7(2-6(4)16(9,12)13)17(14,15)11-3-10-5;5-3(6)1-2-4(7)8/h5-8,14-15,17,19-20H,9-13H2,1-4H3;1-2,10-11H,3H2,(H2,9,12,13);1-2H,(H,5,6)(H,7,8)/b;;2-1+. The Morgan fingerprint density at radius 3 is 2.19 bits per heavy atom. The zero-order chi connectivity index (χ0) is 36.5. The van der Waals surface area contributed by atoms with Crippen LogP contribution in [0.5, 0.6) is 5.75 Å². The number of carboxylic acids is 2.